The van der Waals surface area contributed by atoms with Gasteiger partial charge in [0.15, 0.2) is 5.13 Å². The third kappa shape index (κ3) is 6.08. The van der Waals surface area contributed by atoms with Gasteiger partial charge in [-0.15, -0.1) is 0 Å². The van der Waals surface area contributed by atoms with Crippen molar-refractivity contribution in [3.05, 3.63) is 53.1 Å². The monoisotopic (exact) mass is 504 g/mol. The topological polar surface area (TPSA) is 103 Å². The number of rotatable bonds is 5. The molecule has 1 aromatic heterocycles. The van der Waals surface area contributed by atoms with Crippen molar-refractivity contribution in [2.45, 2.75) is 39.2 Å². The second kappa shape index (κ2) is 11.2. The van der Waals surface area contributed by atoms with Gasteiger partial charge in [-0.05, 0) is 57.4 Å². The molecule has 0 aliphatic carbocycles. The van der Waals surface area contributed by atoms with Gasteiger partial charge in [0.05, 0.1) is 34.4 Å². The number of hydrogen-bond acceptors (Lipinski definition) is 7. The molecule has 0 radical (unpaired) electrons. The predicted octanol–water partition coefficient (Wildman–Crippen LogP) is 5.07. The van der Waals surface area contributed by atoms with E-state index in [1.807, 2.05) is 49.9 Å². The highest BCUT2D eigenvalue weighted by molar-refractivity contribution is 7.17. The second-order valence-corrected chi connectivity index (χ2v) is 10.3. The summed E-state index contributed by atoms with van der Waals surface area (Å²) >= 11 is 1.42. The molecule has 188 valence electrons. The summed E-state index contributed by atoms with van der Waals surface area (Å²) in [7, 11) is 0. The Labute approximate surface area is 216 Å². The Hall–Kier alpha value is -3.32. The average Bonchev–Trinajstić information content (AvgIpc) is 3.28. The summed E-state index contributed by atoms with van der Waals surface area (Å²) in [5.74, 6) is 0. The zero-order chi connectivity index (χ0) is 25.7. The first-order valence-electron chi connectivity index (χ1n) is 12.1. The van der Waals surface area contributed by atoms with E-state index >= 15 is 0 Å². The van der Waals surface area contributed by atoms with E-state index in [1.165, 1.54) is 11.3 Å². The van der Waals surface area contributed by atoms with E-state index < -0.39 is 0 Å². The summed E-state index contributed by atoms with van der Waals surface area (Å²) in [6, 6.07) is 9.37. The van der Waals surface area contributed by atoms with Gasteiger partial charge < -0.3 is 15.0 Å². The molecule has 2 fully saturated rings. The number of nitrogens with one attached hydrogen (secondary N) is 2. The van der Waals surface area contributed by atoms with Crippen LogP contribution in [0, 0.1) is 11.3 Å². The van der Waals surface area contributed by atoms with Crippen molar-refractivity contribution in [1.29, 1.82) is 5.26 Å². The zero-order valence-corrected chi connectivity index (χ0v) is 21.9. The highest BCUT2D eigenvalue weighted by Crippen LogP contribution is 2.37. The summed E-state index contributed by atoms with van der Waals surface area (Å²) in [4.78, 5) is 25.0. The van der Waals surface area contributed by atoms with E-state index in [0.29, 0.717) is 30.4 Å². The van der Waals surface area contributed by atoms with Crippen molar-refractivity contribution in [3.63, 3.8) is 0 Å². The molecule has 8 nitrogen and oxygen atoms in total. The van der Waals surface area contributed by atoms with Crippen LogP contribution in [0.4, 0.5) is 9.93 Å². The fourth-order valence-corrected chi connectivity index (χ4v) is 5.55. The molecule has 0 saturated carbocycles. The molecule has 0 bridgehead atoms. The molecule has 9 heteroatoms. The lowest BCUT2D eigenvalue weighted by Crippen LogP contribution is -2.56. The number of aromatic nitrogens is 1. The Morgan fingerprint density at radius 1 is 1.36 bits per heavy atom. The number of hydrogen-bond donors (Lipinski definition) is 2. The molecule has 1 spiro atoms. The first-order chi connectivity index (χ1) is 17.3. The number of aliphatic imine (C=N–C) groups is 1. The molecule has 2 amide bonds. The molecule has 1 aromatic carbocycles. The second-order valence-electron chi connectivity index (χ2n) is 9.33. The largest absolute Gasteiger partial charge is 0.372 e. The maximum absolute atomic E-state index is 13.1. The highest BCUT2D eigenvalue weighted by atomic mass is 32.1. The van der Waals surface area contributed by atoms with Crippen molar-refractivity contribution < 1.29 is 9.53 Å². The molecule has 2 aromatic rings. The number of carbonyl (C=O) groups excluding carboxylic acids is 1. The number of piperidine rings is 1. The Morgan fingerprint density at radius 3 is 2.81 bits per heavy atom. The molecule has 36 heavy (non-hydrogen) atoms. The molecule has 2 aliphatic heterocycles. The van der Waals surface area contributed by atoms with Gasteiger partial charge in [-0.3, -0.25) is 10.3 Å². The maximum Gasteiger partial charge on any atom is 0.323 e. The van der Waals surface area contributed by atoms with Gasteiger partial charge >= 0.3 is 6.03 Å². The lowest BCUT2D eigenvalue weighted by Gasteiger charge is -2.43. The van der Waals surface area contributed by atoms with Crippen molar-refractivity contribution in [1.82, 2.24) is 15.2 Å². The predicted molar refractivity (Wildman–Crippen MR) is 145 cm³/mol. The molecule has 2 aliphatic rings. The Kier molecular flexibility index (Phi) is 7.99. The van der Waals surface area contributed by atoms with E-state index in [-0.39, 0.29) is 11.6 Å². The number of nitriles is 1. The number of amides is 2. The quantitative estimate of drug-likeness (QED) is 0.554. The first kappa shape index (κ1) is 25.8. The van der Waals surface area contributed by atoms with Crippen LogP contribution in [0.5, 0.6) is 0 Å². The number of likely N-dealkylation sites (tertiary alicyclic amines) is 1. The Balaban J connectivity index is 1.57. The summed E-state index contributed by atoms with van der Waals surface area (Å²) in [5.41, 5.74) is 4.47. The molecule has 4 rings (SSSR count). The van der Waals surface area contributed by atoms with Gasteiger partial charge in [-0.2, -0.15) is 5.26 Å². The molecular formula is C27H32N6O2S. The van der Waals surface area contributed by atoms with Gasteiger partial charge in [0.25, 0.3) is 0 Å². The van der Waals surface area contributed by atoms with Crippen molar-refractivity contribution in [2.75, 3.05) is 38.1 Å². The van der Waals surface area contributed by atoms with Crippen LogP contribution in [0.1, 0.15) is 44.1 Å². The Bertz CT molecular complexity index is 1240. The minimum Gasteiger partial charge on any atom is -0.372 e. The van der Waals surface area contributed by atoms with Gasteiger partial charge in [0, 0.05) is 43.2 Å². The van der Waals surface area contributed by atoms with E-state index in [4.69, 9.17) is 9.72 Å². The van der Waals surface area contributed by atoms with Crippen LogP contribution in [-0.2, 0) is 4.74 Å². The fourth-order valence-electron chi connectivity index (χ4n) is 4.60. The summed E-state index contributed by atoms with van der Waals surface area (Å²) in [5, 5.41) is 16.3. The van der Waals surface area contributed by atoms with E-state index in [9.17, 15) is 10.1 Å². The SMILES string of the molecule is C=C(C)/N=C(C)\C=C(/C)c1sc(NC(=O)N2CCC3(CC2)CNCCO3)nc1-c1cccc(C#N)c1. The van der Waals surface area contributed by atoms with E-state index in [0.717, 1.165) is 59.0 Å². The summed E-state index contributed by atoms with van der Waals surface area (Å²) in [6.45, 7) is 13.3. The van der Waals surface area contributed by atoms with Gasteiger partial charge in [-0.1, -0.05) is 30.0 Å². The Morgan fingerprint density at radius 2 is 2.14 bits per heavy atom. The number of thiazole rings is 1. The number of nitrogens with zero attached hydrogens (tertiary/aromatic N) is 4. The number of ether oxygens (including phenoxy) is 1. The van der Waals surface area contributed by atoms with Crippen molar-refractivity contribution >= 4 is 33.8 Å². The third-order valence-electron chi connectivity index (χ3n) is 6.35. The van der Waals surface area contributed by atoms with Crippen LogP contribution in [0.2, 0.25) is 0 Å². The lowest BCUT2D eigenvalue weighted by atomic mass is 9.90. The standard InChI is InChI=1S/C27H32N6O2S/c1-18(2)30-20(4)14-19(3)24-23(22-7-5-6-21(15-22)16-28)31-25(36-24)32-26(34)33-11-8-27(9-12-33)17-29-10-13-35-27/h5-7,14-15,29H,1,8-13,17H2,2-4H3,(H,31,32,34)/b19-14+,30-20-. The fraction of sp³-hybridized carbons (Fsp3) is 0.407. The van der Waals surface area contributed by atoms with Crippen molar-refractivity contribution in [2.24, 2.45) is 4.99 Å². The van der Waals surface area contributed by atoms with E-state index in [2.05, 4.69) is 28.3 Å². The average molecular weight is 505 g/mol. The molecule has 3 heterocycles. The third-order valence-corrected chi connectivity index (χ3v) is 7.46. The van der Waals surface area contributed by atoms with Crippen LogP contribution in [0.15, 0.2) is 47.6 Å². The number of carbonyl (C=O) groups is 1. The minimum atomic E-state index is -0.159. The first-order valence-corrected chi connectivity index (χ1v) is 12.9. The number of urea groups is 1. The molecule has 2 N–H and O–H groups in total. The smallest absolute Gasteiger partial charge is 0.323 e. The number of benzene rings is 1. The molecule has 2 saturated heterocycles. The van der Waals surface area contributed by atoms with Crippen LogP contribution >= 0.6 is 11.3 Å². The summed E-state index contributed by atoms with van der Waals surface area (Å²) in [6.07, 6.45) is 3.60. The van der Waals surface area contributed by atoms with Crippen LogP contribution in [-0.4, -0.2) is 60.0 Å². The highest BCUT2D eigenvalue weighted by Gasteiger charge is 2.38. The maximum atomic E-state index is 13.1. The van der Waals surface area contributed by atoms with Crippen LogP contribution in [0.25, 0.3) is 16.8 Å². The van der Waals surface area contributed by atoms with Gasteiger partial charge in [-0.25, -0.2) is 9.78 Å². The number of morpholine rings is 1. The summed E-state index contributed by atoms with van der Waals surface area (Å²) < 4.78 is 6.05. The van der Waals surface area contributed by atoms with Crippen LogP contribution < -0.4 is 10.6 Å². The van der Waals surface area contributed by atoms with E-state index in [1.54, 1.807) is 6.07 Å². The zero-order valence-electron chi connectivity index (χ0n) is 21.1. The molecule has 0 unspecified atom stereocenters. The van der Waals surface area contributed by atoms with Crippen molar-refractivity contribution in [3.8, 4) is 17.3 Å². The number of allylic oxidation sites excluding steroid dienone is 3. The number of anilines is 1. The van der Waals surface area contributed by atoms with Crippen LogP contribution in [0.3, 0.4) is 0 Å². The van der Waals surface area contributed by atoms with Gasteiger partial charge in [0.2, 0.25) is 0 Å². The lowest BCUT2D eigenvalue weighted by molar-refractivity contribution is -0.0941. The molecular weight excluding hydrogens is 472 g/mol. The minimum absolute atomic E-state index is 0.159. The molecule has 0 atom stereocenters. The van der Waals surface area contributed by atoms with Gasteiger partial charge in [0.1, 0.15) is 0 Å². The normalized spacial score (nSPS) is 18.1.